The van der Waals surface area contributed by atoms with E-state index in [0.717, 1.165) is 48.5 Å². The van der Waals surface area contributed by atoms with Gasteiger partial charge in [-0.15, -0.1) is 11.3 Å². The largest absolute Gasteiger partial charge is 0.371 e. The second kappa shape index (κ2) is 8.42. The van der Waals surface area contributed by atoms with E-state index >= 15 is 0 Å². The molecule has 0 saturated carbocycles. The molecule has 0 spiro atoms. The summed E-state index contributed by atoms with van der Waals surface area (Å²) in [5, 5.41) is 9.37. The summed E-state index contributed by atoms with van der Waals surface area (Å²) in [5.41, 5.74) is 7.31. The molecular formula is C18H23FN4OS. The Morgan fingerprint density at radius 2 is 2.24 bits per heavy atom. The number of carbonyl (C=O) groups is 1. The van der Waals surface area contributed by atoms with Crippen molar-refractivity contribution >= 4 is 22.9 Å². The molecule has 7 heteroatoms. The predicted octanol–water partition coefficient (Wildman–Crippen LogP) is 2.09. The van der Waals surface area contributed by atoms with E-state index in [4.69, 9.17) is 5.73 Å². The lowest BCUT2D eigenvalue weighted by molar-refractivity contribution is 0.0945. The van der Waals surface area contributed by atoms with Crippen LogP contribution in [-0.4, -0.2) is 31.7 Å². The van der Waals surface area contributed by atoms with Crippen LogP contribution in [0.25, 0.3) is 0 Å². The lowest BCUT2D eigenvalue weighted by Gasteiger charge is -2.11. The summed E-state index contributed by atoms with van der Waals surface area (Å²) >= 11 is 1.47. The van der Waals surface area contributed by atoms with Crippen molar-refractivity contribution in [3.8, 4) is 0 Å². The third-order valence-corrected chi connectivity index (χ3v) is 5.42. The van der Waals surface area contributed by atoms with Gasteiger partial charge in [0.15, 0.2) is 0 Å². The van der Waals surface area contributed by atoms with Crippen molar-refractivity contribution in [1.82, 2.24) is 10.6 Å². The van der Waals surface area contributed by atoms with Gasteiger partial charge in [-0.25, -0.2) is 4.39 Å². The second-order valence-corrected chi connectivity index (χ2v) is 7.27. The lowest BCUT2D eigenvalue weighted by Crippen LogP contribution is -2.36. The molecule has 1 fully saturated rings. The average Bonchev–Trinajstić information content (AvgIpc) is 3.23. The number of anilines is 1. The fourth-order valence-corrected chi connectivity index (χ4v) is 4.00. The van der Waals surface area contributed by atoms with Gasteiger partial charge in [-0.1, -0.05) is 12.1 Å². The van der Waals surface area contributed by atoms with E-state index in [9.17, 15) is 9.18 Å². The van der Waals surface area contributed by atoms with Gasteiger partial charge in [0.1, 0.15) is 10.7 Å². The van der Waals surface area contributed by atoms with Gasteiger partial charge in [0, 0.05) is 17.5 Å². The molecule has 2 heterocycles. The van der Waals surface area contributed by atoms with Crippen molar-refractivity contribution in [1.29, 1.82) is 0 Å². The number of carbonyl (C=O) groups excluding carboxylic acids is 1. The zero-order chi connectivity index (χ0) is 17.6. The van der Waals surface area contributed by atoms with E-state index in [1.807, 2.05) is 12.1 Å². The highest BCUT2D eigenvalue weighted by molar-refractivity contribution is 7.14. The lowest BCUT2D eigenvalue weighted by atomic mass is 10.1. The van der Waals surface area contributed by atoms with E-state index in [2.05, 4.69) is 16.0 Å². The topological polar surface area (TPSA) is 79.2 Å². The first-order valence-corrected chi connectivity index (χ1v) is 9.30. The molecule has 25 heavy (non-hydrogen) atoms. The first-order valence-electron chi connectivity index (χ1n) is 8.48. The highest BCUT2D eigenvalue weighted by Gasteiger charge is 2.21. The minimum atomic E-state index is -0.223. The first-order chi connectivity index (χ1) is 12.2. The molecular weight excluding hydrogens is 339 g/mol. The van der Waals surface area contributed by atoms with Crippen LogP contribution in [0.1, 0.15) is 26.5 Å². The number of amides is 1. The van der Waals surface area contributed by atoms with Crippen LogP contribution in [-0.2, 0) is 12.8 Å². The molecule has 0 aliphatic carbocycles. The number of rotatable bonds is 7. The minimum absolute atomic E-state index is 0.0633. The summed E-state index contributed by atoms with van der Waals surface area (Å²) in [6.45, 7) is 2.01. The molecule has 0 bridgehead atoms. The van der Waals surface area contributed by atoms with E-state index in [1.54, 1.807) is 12.1 Å². The second-order valence-electron chi connectivity index (χ2n) is 6.13. The Morgan fingerprint density at radius 3 is 2.96 bits per heavy atom. The highest BCUT2D eigenvalue weighted by atomic mass is 32.1. The smallest absolute Gasteiger partial charge is 0.263 e. The summed E-state index contributed by atoms with van der Waals surface area (Å²) < 4.78 is 13.3. The van der Waals surface area contributed by atoms with Gasteiger partial charge >= 0.3 is 0 Å². The molecule has 2 aromatic rings. The maximum Gasteiger partial charge on any atom is 0.263 e. The summed E-state index contributed by atoms with van der Waals surface area (Å²) in [6, 6.07) is 8.77. The van der Waals surface area contributed by atoms with Crippen molar-refractivity contribution < 1.29 is 9.18 Å². The number of hydrogen-bond donors (Lipinski definition) is 4. The maximum atomic E-state index is 13.3. The Balaban J connectivity index is 1.68. The number of nitrogens with two attached hydrogens (primary N) is 1. The van der Waals surface area contributed by atoms with Gasteiger partial charge in [0.05, 0.1) is 12.4 Å². The van der Waals surface area contributed by atoms with Gasteiger partial charge in [-0.05, 0) is 49.6 Å². The van der Waals surface area contributed by atoms with Crippen LogP contribution in [0.5, 0.6) is 0 Å². The van der Waals surface area contributed by atoms with Crippen molar-refractivity contribution in [2.45, 2.75) is 25.3 Å². The monoisotopic (exact) mass is 362 g/mol. The molecule has 1 aliphatic heterocycles. The molecule has 1 aromatic heterocycles. The Morgan fingerprint density at radius 1 is 1.36 bits per heavy atom. The normalized spacial score (nSPS) is 16.8. The third kappa shape index (κ3) is 4.78. The molecule has 1 unspecified atom stereocenters. The average molecular weight is 362 g/mol. The molecule has 1 amide bonds. The molecule has 5 nitrogen and oxygen atoms in total. The van der Waals surface area contributed by atoms with Crippen molar-refractivity contribution in [3.05, 3.63) is 51.5 Å². The maximum absolute atomic E-state index is 13.3. The summed E-state index contributed by atoms with van der Waals surface area (Å²) in [5.74, 6) is -0.286. The van der Waals surface area contributed by atoms with Crippen LogP contribution in [0.3, 0.4) is 0 Å². The molecule has 1 saturated heterocycles. The van der Waals surface area contributed by atoms with Crippen LogP contribution in [0, 0.1) is 5.82 Å². The van der Waals surface area contributed by atoms with Gasteiger partial charge in [-0.2, -0.15) is 0 Å². The number of benzene rings is 1. The van der Waals surface area contributed by atoms with Gasteiger partial charge in [0.2, 0.25) is 0 Å². The summed E-state index contributed by atoms with van der Waals surface area (Å²) in [7, 11) is 0. The molecule has 5 N–H and O–H groups in total. The van der Waals surface area contributed by atoms with Crippen molar-refractivity contribution in [3.63, 3.8) is 0 Å². The third-order valence-electron chi connectivity index (χ3n) is 4.23. The Labute approximate surface area is 150 Å². The number of hydrogen-bond acceptors (Lipinski definition) is 5. The number of halogens is 1. The molecule has 1 aliphatic rings. The number of nitrogens with one attached hydrogen (secondary N) is 3. The molecule has 0 radical (unpaired) electrons. The summed E-state index contributed by atoms with van der Waals surface area (Å²) in [4.78, 5) is 14.3. The Kier molecular flexibility index (Phi) is 6.01. The van der Waals surface area contributed by atoms with Crippen LogP contribution >= 0.6 is 11.3 Å². The van der Waals surface area contributed by atoms with E-state index in [0.29, 0.717) is 4.88 Å². The number of thiophene rings is 1. The van der Waals surface area contributed by atoms with Gasteiger partial charge in [0.25, 0.3) is 5.91 Å². The van der Waals surface area contributed by atoms with E-state index in [1.165, 1.54) is 17.4 Å². The van der Waals surface area contributed by atoms with E-state index in [-0.39, 0.29) is 24.4 Å². The Bertz CT molecular complexity index is 728. The standard InChI is InChI=1S/C18H23FN4OS/c19-13-3-1-2-12(8-13)4-5-15-9-16(22-11-20)17(25-15)18(24)23-14-6-7-21-10-14/h1-3,8-9,14,21-22H,4-7,10-11,20H2,(H,23,24). The number of aryl methyl sites for hydroxylation is 2. The Hall–Kier alpha value is -1.96. The molecule has 3 rings (SSSR count). The van der Waals surface area contributed by atoms with Crippen LogP contribution in [0.2, 0.25) is 0 Å². The van der Waals surface area contributed by atoms with E-state index < -0.39 is 0 Å². The highest BCUT2D eigenvalue weighted by Crippen LogP contribution is 2.28. The van der Waals surface area contributed by atoms with Crippen LogP contribution < -0.4 is 21.7 Å². The van der Waals surface area contributed by atoms with Crippen LogP contribution in [0.15, 0.2) is 30.3 Å². The minimum Gasteiger partial charge on any atom is -0.371 e. The first kappa shape index (κ1) is 17.8. The molecule has 134 valence electrons. The molecule has 1 aromatic carbocycles. The SMILES string of the molecule is NCNc1cc(CCc2cccc(F)c2)sc1C(=O)NC1CCNC1. The quantitative estimate of drug-likeness (QED) is 0.569. The van der Waals surface area contributed by atoms with Crippen molar-refractivity contribution in [2.75, 3.05) is 25.1 Å². The fourth-order valence-electron chi connectivity index (χ4n) is 2.96. The molecule has 1 atom stereocenters. The fraction of sp³-hybridized carbons (Fsp3) is 0.389. The van der Waals surface area contributed by atoms with Crippen LogP contribution in [0.4, 0.5) is 10.1 Å². The predicted molar refractivity (Wildman–Crippen MR) is 99.5 cm³/mol. The van der Waals surface area contributed by atoms with Gasteiger partial charge in [-0.3, -0.25) is 4.79 Å². The zero-order valence-electron chi connectivity index (χ0n) is 14.0. The van der Waals surface area contributed by atoms with Gasteiger partial charge < -0.3 is 21.7 Å². The zero-order valence-corrected chi connectivity index (χ0v) is 14.8. The van der Waals surface area contributed by atoms with Crippen molar-refractivity contribution in [2.24, 2.45) is 5.73 Å². The summed E-state index contributed by atoms with van der Waals surface area (Å²) in [6.07, 6.45) is 2.43.